The summed E-state index contributed by atoms with van der Waals surface area (Å²) >= 11 is 0. The fourth-order valence-corrected chi connectivity index (χ4v) is 1.01. The van der Waals surface area contributed by atoms with E-state index in [0.29, 0.717) is 0 Å². The molecule has 5 heteroatoms. The first-order valence-electron chi connectivity index (χ1n) is 3.37. The lowest BCUT2D eigenvalue weighted by Crippen LogP contribution is -2.34. The van der Waals surface area contributed by atoms with Crippen LogP contribution in [0, 0.1) is 5.92 Å². The van der Waals surface area contributed by atoms with Crippen molar-refractivity contribution >= 4 is 5.91 Å². The maximum atomic E-state index is 11.0. The maximum Gasteiger partial charge on any atom is 0.252 e. The van der Waals surface area contributed by atoms with E-state index >= 15 is 0 Å². The van der Waals surface area contributed by atoms with E-state index in [2.05, 4.69) is 10.3 Å². The van der Waals surface area contributed by atoms with E-state index in [1.807, 2.05) is 0 Å². The maximum absolute atomic E-state index is 11.0. The normalized spacial score (nSPS) is 28.6. The van der Waals surface area contributed by atoms with Gasteiger partial charge in [0.1, 0.15) is 5.60 Å². The van der Waals surface area contributed by atoms with Crippen molar-refractivity contribution in [1.29, 1.82) is 0 Å². The van der Waals surface area contributed by atoms with Crippen molar-refractivity contribution in [2.45, 2.75) is 19.4 Å². The standard InChI is InChI=1S/C6H12N2O3/c1-6(2)4(3-10-7)5(9)8-11-6/h4H,3,7H2,1-2H3,(H,8,9). The third kappa shape index (κ3) is 1.50. The third-order valence-electron chi connectivity index (χ3n) is 1.83. The summed E-state index contributed by atoms with van der Waals surface area (Å²) in [6, 6.07) is 0. The molecule has 3 N–H and O–H groups in total. The van der Waals surface area contributed by atoms with E-state index in [9.17, 15) is 4.79 Å². The molecule has 0 saturated carbocycles. The van der Waals surface area contributed by atoms with E-state index in [4.69, 9.17) is 10.7 Å². The minimum atomic E-state index is -0.531. The van der Waals surface area contributed by atoms with E-state index in [1.165, 1.54) is 0 Å². The van der Waals surface area contributed by atoms with Crippen LogP contribution in [0.4, 0.5) is 0 Å². The van der Waals surface area contributed by atoms with Gasteiger partial charge in [-0.3, -0.25) is 9.63 Å². The molecule has 1 heterocycles. The summed E-state index contributed by atoms with van der Waals surface area (Å²) in [7, 11) is 0. The molecule has 1 aliphatic heterocycles. The number of carbonyl (C=O) groups is 1. The molecule has 1 aliphatic rings. The second-order valence-corrected chi connectivity index (χ2v) is 3.06. The molecule has 0 aromatic carbocycles. The monoisotopic (exact) mass is 160 g/mol. The van der Waals surface area contributed by atoms with Gasteiger partial charge < -0.3 is 4.84 Å². The van der Waals surface area contributed by atoms with Crippen molar-refractivity contribution in [3.05, 3.63) is 0 Å². The zero-order valence-corrected chi connectivity index (χ0v) is 6.59. The molecule has 1 atom stereocenters. The lowest BCUT2D eigenvalue weighted by atomic mass is 9.92. The van der Waals surface area contributed by atoms with Crippen LogP contribution in [0.3, 0.4) is 0 Å². The Morgan fingerprint density at radius 3 is 2.82 bits per heavy atom. The van der Waals surface area contributed by atoms with Gasteiger partial charge >= 0.3 is 0 Å². The first kappa shape index (κ1) is 8.45. The van der Waals surface area contributed by atoms with E-state index < -0.39 is 5.60 Å². The van der Waals surface area contributed by atoms with Crippen LogP contribution in [0.15, 0.2) is 0 Å². The summed E-state index contributed by atoms with van der Waals surface area (Å²) in [5.74, 6) is 4.35. The largest absolute Gasteiger partial charge is 0.304 e. The van der Waals surface area contributed by atoms with Gasteiger partial charge in [0, 0.05) is 0 Å². The Hall–Kier alpha value is -0.650. The van der Waals surface area contributed by atoms with Crippen LogP contribution >= 0.6 is 0 Å². The Bertz CT molecular complexity index is 169. The van der Waals surface area contributed by atoms with Crippen LogP contribution in [0.25, 0.3) is 0 Å². The highest BCUT2D eigenvalue weighted by atomic mass is 16.7. The number of amides is 1. The van der Waals surface area contributed by atoms with Crippen molar-refractivity contribution in [2.75, 3.05) is 6.61 Å². The zero-order valence-electron chi connectivity index (χ0n) is 6.59. The molecule has 0 radical (unpaired) electrons. The van der Waals surface area contributed by atoms with Gasteiger partial charge in [0.25, 0.3) is 5.91 Å². The molecule has 1 rings (SSSR count). The second kappa shape index (κ2) is 2.77. The predicted octanol–water partition coefficient (Wildman–Crippen LogP) is -0.667. The lowest BCUT2D eigenvalue weighted by molar-refractivity contribution is -0.127. The summed E-state index contributed by atoms with van der Waals surface area (Å²) in [6.07, 6.45) is 0. The molecule has 1 unspecified atom stereocenters. The van der Waals surface area contributed by atoms with Crippen molar-refractivity contribution in [2.24, 2.45) is 11.8 Å². The summed E-state index contributed by atoms with van der Waals surface area (Å²) in [5.41, 5.74) is 1.74. The van der Waals surface area contributed by atoms with Gasteiger partial charge in [0.15, 0.2) is 0 Å². The highest BCUT2D eigenvalue weighted by molar-refractivity contribution is 5.80. The van der Waals surface area contributed by atoms with Gasteiger partial charge in [-0.1, -0.05) is 0 Å². The first-order chi connectivity index (χ1) is 5.08. The van der Waals surface area contributed by atoms with E-state index in [1.54, 1.807) is 13.8 Å². The molecule has 5 nitrogen and oxygen atoms in total. The topological polar surface area (TPSA) is 73.6 Å². The van der Waals surface area contributed by atoms with Gasteiger partial charge in [-0.15, -0.1) is 0 Å². The van der Waals surface area contributed by atoms with Crippen LogP contribution in [0.2, 0.25) is 0 Å². The van der Waals surface area contributed by atoms with E-state index in [0.717, 1.165) is 0 Å². The summed E-state index contributed by atoms with van der Waals surface area (Å²) in [4.78, 5) is 20.4. The summed E-state index contributed by atoms with van der Waals surface area (Å²) in [5, 5.41) is 0. The Balaban J connectivity index is 2.64. The zero-order chi connectivity index (χ0) is 8.48. The smallest absolute Gasteiger partial charge is 0.252 e. The predicted molar refractivity (Wildman–Crippen MR) is 36.9 cm³/mol. The van der Waals surface area contributed by atoms with Crippen LogP contribution < -0.4 is 11.4 Å². The minimum Gasteiger partial charge on any atom is -0.304 e. The third-order valence-corrected chi connectivity index (χ3v) is 1.83. The van der Waals surface area contributed by atoms with Crippen LogP contribution in [-0.4, -0.2) is 18.1 Å². The number of nitrogens with one attached hydrogen (secondary N) is 1. The number of nitrogens with two attached hydrogens (primary N) is 1. The molecule has 0 aromatic heterocycles. The second-order valence-electron chi connectivity index (χ2n) is 3.06. The molecule has 1 amide bonds. The fourth-order valence-electron chi connectivity index (χ4n) is 1.01. The highest BCUT2D eigenvalue weighted by Gasteiger charge is 2.43. The van der Waals surface area contributed by atoms with Crippen molar-refractivity contribution < 1.29 is 14.5 Å². The Morgan fingerprint density at radius 1 is 1.82 bits per heavy atom. The average molecular weight is 160 g/mol. The molecule has 0 aromatic rings. The first-order valence-corrected chi connectivity index (χ1v) is 3.37. The van der Waals surface area contributed by atoms with Crippen LogP contribution in [0.1, 0.15) is 13.8 Å². The quantitative estimate of drug-likeness (QED) is 0.525. The molecule has 11 heavy (non-hydrogen) atoms. The number of carbonyl (C=O) groups excluding carboxylic acids is 1. The molecule has 0 spiro atoms. The van der Waals surface area contributed by atoms with Gasteiger partial charge in [0.05, 0.1) is 12.5 Å². The molecule has 0 aliphatic carbocycles. The van der Waals surface area contributed by atoms with Gasteiger partial charge in [-0.05, 0) is 13.8 Å². The van der Waals surface area contributed by atoms with Gasteiger partial charge in [-0.25, -0.2) is 11.4 Å². The Labute approximate surface area is 64.7 Å². The molecule has 0 bridgehead atoms. The Kier molecular flexibility index (Phi) is 2.12. The number of hydrogen-bond donors (Lipinski definition) is 2. The average Bonchev–Trinajstić information content (AvgIpc) is 2.16. The van der Waals surface area contributed by atoms with E-state index in [-0.39, 0.29) is 18.4 Å². The number of rotatable bonds is 2. The minimum absolute atomic E-state index is 0.179. The molecular formula is C6H12N2O3. The lowest BCUT2D eigenvalue weighted by Gasteiger charge is -2.20. The van der Waals surface area contributed by atoms with Crippen molar-refractivity contribution in [3.63, 3.8) is 0 Å². The number of hydrogen-bond acceptors (Lipinski definition) is 4. The van der Waals surface area contributed by atoms with Crippen molar-refractivity contribution in [1.82, 2.24) is 5.48 Å². The SMILES string of the molecule is CC1(C)ONC(=O)C1CON. The van der Waals surface area contributed by atoms with Crippen LogP contribution in [0.5, 0.6) is 0 Å². The molecule has 1 saturated heterocycles. The molecule has 64 valence electrons. The summed E-state index contributed by atoms with van der Waals surface area (Å²) in [6.45, 7) is 3.78. The van der Waals surface area contributed by atoms with Gasteiger partial charge in [-0.2, -0.15) is 0 Å². The molecular weight excluding hydrogens is 148 g/mol. The highest BCUT2D eigenvalue weighted by Crippen LogP contribution is 2.25. The van der Waals surface area contributed by atoms with Gasteiger partial charge in [0.2, 0.25) is 0 Å². The number of hydroxylamine groups is 1. The summed E-state index contributed by atoms with van der Waals surface area (Å²) < 4.78 is 0. The van der Waals surface area contributed by atoms with Crippen LogP contribution in [-0.2, 0) is 14.5 Å². The van der Waals surface area contributed by atoms with Crippen molar-refractivity contribution in [3.8, 4) is 0 Å². The Morgan fingerprint density at radius 2 is 2.45 bits per heavy atom. The fraction of sp³-hybridized carbons (Fsp3) is 0.833. The molecule has 1 fully saturated rings.